The lowest BCUT2D eigenvalue weighted by Crippen LogP contribution is -2.32. The Kier molecular flexibility index (Phi) is 3.06. The van der Waals surface area contributed by atoms with E-state index in [1.807, 2.05) is 0 Å². The maximum Gasteiger partial charge on any atom is 0.158 e. The van der Waals surface area contributed by atoms with Gasteiger partial charge in [-0.05, 0) is 23.7 Å². The van der Waals surface area contributed by atoms with Crippen LogP contribution in [-0.2, 0) is 9.47 Å². The van der Waals surface area contributed by atoms with Gasteiger partial charge in [0.1, 0.15) is 0 Å². The van der Waals surface area contributed by atoms with Gasteiger partial charge in [0.25, 0.3) is 0 Å². The minimum absolute atomic E-state index is 0.00523. The van der Waals surface area contributed by atoms with Crippen molar-refractivity contribution in [2.24, 2.45) is 17.3 Å². The Morgan fingerprint density at radius 1 is 1.27 bits per heavy atom. The van der Waals surface area contributed by atoms with E-state index in [4.69, 9.17) is 9.47 Å². The van der Waals surface area contributed by atoms with Crippen molar-refractivity contribution in [1.29, 1.82) is 0 Å². The number of hydrogen-bond acceptors (Lipinski definition) is 3. The molecule has 0 spiro atoms. The summed E-state index contributed by atoms with van der Waals surface area (Å²) >= 11 is 0. The van der Waals surface area contributed by atoms with Crippen molar-refractivity contribution in [3.63, 3.8) is 0 Å². The Morgan fingerprint density at radius 3 is 2.33 bits per heavy atom. The number of hydrogen-bond donors (Lipinski definition) is 1. The van der Waals surface area contributed by atoms with Crippen molar-refractivity contribution in [3.8, 4) is 0 Å². The largest absolute Gasteiger partial charge is 0.392 e. The average Bonchev–Trinajstić information content (AvgIpc) is 2.73. The molecule has 3 atom stereocenters. The van der Waals surface area contributed by atoms with Crippen molar-refractivity contribution >= 4 is 0 Å². The van der Waals surface area contributed by atoms with E-state index in [-0.39, 0.29) is 17.8 Å². The molecular weight excluding hydrogens is 192 g/mol. The molecule has 2 rings (SSSR count). The van der Waals surface area contributed by atoms with Gasteiger partial charge in [0.15, 0.2) is 6.29 Å². The van der Waals surface area contributed by atoms with E-state index in [1.165, 1.54) is 0 Å². The molecule has 0 radical (unpaired) electrons. The van der Waals surface area contributed by atoms with Crippen LogP contribution in [0.4, 0.5) is 0 Å². The number of rotatable bonds is 2. The maximum atomic E-state index is 10.1. The average molecular weight is 214 g/mol. The van der Waals surface area contributed by atoms with E-state index >= 15 is 0 Å². The highest BCUT2D eigenvalue weighted by Crippen LogP contribution is 2.48. The minimum Gasteiger partial charge on any atom is -0.392 e. The fourth-order valence-corrected chi connectivity index (χ4v) is 3.03. The second kappa shape index (κ2) is 4.04. The highest BCUT2D eigenvalue weighted by Gasteiger charge is 2.47. The quantitative estimate of drug-likeness (QED) is 0.761. The molecule has 2 fully saturated rings. The van der Waals surface area contributed by atoms with Gasteiger partial charge in [0.05, 0.1) is 19.3 Å². The fourth-order valence-electron chi connectivity index (χ4n) is 3.03. The van der Waals surface area contributed by atoms with Crippen LogP contribution in [0.5, 0.6) is 0 Å². The van der Waals surface area contributed by atoms with Gasteiger partial charge >= 0.3 is 0 Å². The first-order valence-corrected chi connectivity index (χ1v) is 5.93. The summed E-state index contributed by atoms with van der Waals surface area (Å²) in [6.07, 6.45) is 1.78. The molecule has 0 bridgehead atoms. The molecule has 1 aliphatic heterocycles. The van der Waals surface area contributed by atoms with Crippen LogP contribution in [-0.4, -0.2) is 30.7 Å². The lowest BCUT2D eigenvalue weighted by molar-refractivity contribution is -0.0712. The van der Waals surface area contributed by atoms with Crippen LogP contribution in [0.1, 0.15) is 33.6 Å². The highest BCUT2D eigenvalue weighted by molar-refractivity contribution is 4.96. The topological polar surface area (TPSA) is 38.7 Å². The first-order valence-electron chi connectivity index (χ1n) is 5.93. The number of ether oxygens (including phenoxy) is 2. The summed E-state index contributed by atoms with van der Waals surface area (Å²) in [7, 11) is 0. The first-order chi connectivity index (χ1) is 7.01. The van der Waals surface area contributed by atoms with E-state index in [2.05, 4.69) is 20.8 Å². The molecule has 15 heavy (non-hydrogen) atoms. The zero-order chi connectivity index (χ0) is 11.1. The Labute approximate surface area is 91.8 Å². The van der Waals surface area contributed by atoms with Crippen LogP contribution < -0.4 is 0 Å². The van der Waals surface area contributed by atoms with Crippen LogP contribution in [0.3, 0.4) is 0 Å². The van der Waals surface area contributed by atoms with E-state index < -0.39 is 0 Å². The summed E-state index contributed by atoms with van der Waals surface area (Å²) < 4.78 is 10.9. The summed E-state index contributed by atoms with van der Waals surface area (Å²) in [4.78, 5) is 0. The molecular formula is C12H22O3. The monoisotopic (exact) mass is 214 g/mol. The van der Waals surface area contributed by atoms with Gasteiger partial charge in [-0.15, -0.1) is 0 Å². The third-order valence-corrected chi connectivity index (χ3v) is 4.18. The second-order valence-corrected chi connectivity index (χ2v) is 5.58. The van der Waals surface area contributed by atoms with Crippen molar-refractivity contribution in [2.45, 2.75) is 46.0 Å². The van der Waals surface area contributed by atoms with Crippen LogP contribution in [0.25, 0.3) is 0 Å². The molecule has 0 unspecified atom stereocenters. The molecule has 3 nitrogen and oxygen atoms in total. The molecule has 0 aromatic carbocycles. The Hall–Kier alpha value is -0.120. The SMILES string of the molecule is C[C@H]1C[C@H](CC2OCCO2)C(C)(C)[C@H]1O. The molecule has 1 saturated heterocycles. The smallest absolute Gasteiger partial charge is 0.158 e. The maximum absolute atomic E-state index is 10.1. The van der Waals surface area contributed by atoms with Gasteiger partial charge in [-0.3, -0.25) is 0 Å². The van der Waals surface area contributed by atoms with Gasteiger partial charge in [-0.2, -0.15) is 0 Å². The lowest BCUT2D eigenvalue weighted by Gasteiger charge is -2.31. The molecule has 1 N–H and O–H groups in total. The molecule has 0 aromatic rings. The van der Waals surface area contributed by atoms with Gasteiger partial charge in [-0.1, -0.05) is 20.8 Å². The van der Waals surface area contributed by atoms with Gasteiger partial charge < -0.3 is 14.6 Å². The normalized spacial score (nSPS) is 41.2. The third-order valence-electron chi connectivity index (χ3n) is 4.18. The van der Waals surface area contributed by atoms with Gasteiger partial charge in [-0.25, -0.2) is 0 Å². The molecule has 1 heterocycles. The Bertz CT molecular complexity index is 221. The van der Waals surface area contributed by atoms with Gasteiger partial charge in [0.2, 0.25) is 0 Å². The highest BCUT2D eigenvalue weighted by atomic mass is 16.7. The fraction of sp³-hybridized carbons (Fsp3) is 1.00. The van der Waals surface area contributed by atoms with E-state index in [0.717, 1.165) is 26.1 Å². The Balaban J connectivity index is 1.97. The van der Waals surface area contributed by atoms with E-state index in [0.29, 0.717) is 11.8 Å². The van der Waals surface area contributed by atoms with Crippen LogP contribution >= 0.6 is 0 Å². The molecule has 0 aromatic heterocycles. The molecule has 1 saturated carbocycles. The molecule has 3 heteroatoms. The molecule has 1 aliphatic carbocycles. The zero-order valence-corrected chi connectivity index (χ0v) is 9.90. The molecule has 88 valence electrons. The van der Waals surface area contributed by atoms with Crippen LogP contribution in [0.15, 0.2) is 0 Å². The zero-order valence-electron chi connectivity index (χ0n) is 9.90. The van der Waals surface area contributed by atoms with Crippen molar-refractivity contribution in [2.75, 3.05) is 13.2 Å². The third kappa shape index (κ3) is 2.05. The van der Waals surface area contributed by atoms with Crippen molar-refractivity contribution in [3.05, 3.63) is 0 Å². The lowest BCUT2D eigenvalue weighted by atomic mass is 9.78. The first kappa shape index (κ1) is 11.4. The van der Waals surface area contributed by atoms with Crippen LogP contribution in [0, 0.1) is 17.3 Å². The Morgan fingerprint density at radius 2 is 1.87 bits per heavy atom. The summed E-state index contributed by atoms with van der Waals surface area (Å²) in [5, 5.41) is 10.1. The van der Waals surface area contributed by atoms with Crippen molar-refractivity contribution in [1.82, 2.24) is 0 Å². The van der Waals surface area contributed by atoms with E-state index in [9.17, 15) is 5.11 Å². The second-order valence-electron chi connectivity index (χ2n) is 5.58. The summed E-state index contributed by atoms with van der Waals surface area (Å²) in [6.45, 7) is 7.87. The van der Waals surface area contributed by atoms with Gasteiger partial charge in [0, 0.05) is 6.42 Å². The summed E-state index contributed by atoms with van der Waals surface area (Å²) in [6, 6.07) is 0. The predicted octanol–water partition coefficient (Wildman–Crippen LogP) is 1.79. The molecule has 0 amide bonds. The molecule has 2 aliphatic rings. The van der Waals surface area contributed by atoms with E-state index in [1.54, 1.807) is 0 Å². The number of aliphatic hydroxyl groups excluding tert-OH is 1. The summed E-state index contributed by atoms with van der Waals surface area (Å²) in [5.41, 5.74) is -0.00523. The van der Waals surface area contributed by atoms with Crippen LogP contribution in [0.2, 0.25) is 0 Å². The number of aliphatic hydroxyl groups is 1. The predicted molar refractivity (Wildman–Crippen MR) is 57.4 cm³/mol. The van der Waals surface area contributed by atoms with Crippen molar-refractivity contribution < 1.29 is 14.6 Å². The standard InChI is InChI=1S/C12H22O3/c1-8-6-9(12(2,3)11(8)13)7-10-14-4-5-15-10/h8-11,13H,4-7H2,1-3H3/t8-,9+,11-/m0/s1. The summed E-state index contributed by atoms with van der Waals surface area (Å²) in [5.74, 6) is 0.900. The minimum atomic E-state index is -0.191.